The molecule has 0 aromatic heterocycles. The van der Waals surface area contributed by atoms with Crippen LogP contribution in [0.5, 0.6) is 0 Å². The van der Waals surface area contributed by atoms with E-state index >= 15 is 0 Å². The molecule has 1 nitrogen and oxygen atoms in total. The summed E-state index contributed by atoms with van der Waals surface area (Å²) in [5.74, 6) is 0. The van der Waals surface area contributed by atoms with Crippen molar-refractivity contribution in [2.75, 3.05) is 13.6 Å². The molecule has 2 aromatic carbocycles. The summed E-state index contributed by atoms with van der Waals surface area (Å²) in [6.07, 6.45) is 5.51. The fourth-order valence-electron chi connectivity index (χ4n) is 2.92. The third-order valence-electron chi connectivity index (χ3n) is 4.13. The molecule has 0 fully saturated rings. The summed E-state index contributed by atoms with van der Waals surface area (Å²) in [7, 11) is 2.20. The van der Waals surface area contributed by atoms with Crippen molar-refractivity contribution in [1.82, 2.24) is 4.90 Å². The van der Waals surface area contributed by atoms with Crippen molar-refractivity contribution in [2.24, 2.45) is 0 Å². The number of aryl methyl sites for hydroxylation is 1. The number of benzene rings is 2. The topological polar surface area (TPSA) is 3.24 Å². The summed E-state index contributed by atoms with van der Waals surface area (Å²) < 4.78 is 0. The molecule has 0 bridgehead atoms. The van der Waals surface area contributed by atoms with Gasteiger partial charge in [-0.3, -0.25) is 0 Å². The maximum Gasteiger partial charge on any atom is 0.0233 e. The molecule has 0 N–H and O–H groups in total. The van der Waals surface area contributed by atoms with E-state index in [-0.39, 0.29) is 0 Å². The van der Waals surface area contributed by atoms with Gasteiger partial charge in [0.1, 0.15) is 0 Å². The van der Waals surface area contributed by atoms with Gasteiger partial charge in [0.15, 0.2) is 0 Å². The summed E-state index contributed by atoms with van der Waals surface area (Å²) in [5, 5.41) is 0. The van der Waals surface area contributed by atoms with Gasteiger partial charge in [-0.15, -0.1) is 0 Å². The second-order valence-electron chi connectivity index (χ2n) is 6.23. The highest BCUT2D eigenvalue weighted by Crippen LogP contribution is 2.21. The molecular formula is C22H27N. The number of allylic oxidation sites excluding steroid dienone is 2. The third-order valence-corrected chi connectivity index (χ3v) is 4.13. The molecule has 0 amide bonds. The SMILES string of the molecule is C=CC=C.Cc1cccc(Cc2ccc3c(c2)CCN(C)C3)c1. The lowest BCUT2D eigenvalue weighted by Gasteiger charge is -2.25. The minimum atomic E-state index is 1.05. The van der Waals surface area contributed by atoms with Gasteiger partial charge >= 0.3 is 0 Å². The Hall–Kier alpha value is -2.12. The van der Waals surface area contributed by atoms with Crippen molar-refractivity contribution in [1.29, 1.82) is 0 Å². The molecule has 1 aliphatic rings. The first-order valence-corrected chi connectivity index (χ1v) is 8.20. The van der Waals surface area contributed by atoms with E-state index in [1.165, 1.54) is 35.2 Å². The normalized spacial score (nSPS) is 13.5. The standard InChI is InChI=1S/C18H21N.C4H6/c1-14-4-3-5-15(10-14)11-16-6-7-18-13-19(2)9-8-17(18)12-16;1-3-4-2/h3-7,10,12H,8-9,11,13H2,1-2H3;3-4H,1-2H2. The first kappa shape index (κ1) is 17.2. The second-order valence-corrected chi connectivity index (χ2v) is 6.23. The molecule has 0 atom stereocenters. The van der Waals surface area contributed by atoms with Crippen molar-refractivity contribution in [2.45, 2.75) is 26.3 Å². The van der Waals surface area contributed by atoms with E-state index in [1.807, 2.05) is 0 Å². The van der Waals surface area contributed by atoms with Crippen LogP contribution in [-0.2, 0) is 19.4 Å². The number of fused-ring (bicyclic) bond motifs is 1. The molecule has 1 heteroatoms. The zero-order valence-electron chi connectivity index (χ0n) is 14.4. The lowest BCUT2D eigenvalue weighted by Crippen LogP contribution is -2.26. The number of hydrogen-bond acceptors (Lipinski definition) is 1. The third kappa shape index (κ3) is 5.22. The van der Waals surface area contributed by atoms with Gasteiger partial charge in [-0.2, -0.15) is 0 Å². The Morgan fingerprint density at radius 1 is 1.00 bits per heavy atom. The van der Waals surface area contributed by atoms with Crippen LogP contribution in [0.2, 0.25) is 0 Å². The van der Waals surface area contributed by atoms with E-state index in [0.29, 0.717) is 0 Å². The van der Waals surface area contributed by atoms with Crippen molar-refractivity contribution < 1.29 is 0 Å². The Morgan fingerprint density at radius 2 is 1.74 bits per heavy atom. The molecule has 1 heterocycles. The highest BCUT2D eigenvalue weighted by molar-refractivity contribution is 5.37. The van der Waals surface area contributed by atoms with Gasteiger partial charge in [0.05, 0.1) is 0 Å². The first-order chi connectivity index (χ1) is 11.1. The van der Waals surface area contributed by atoms with E-state index in [2.05, 4.69) is 74.5 Å². The zero-order valence-corrected chi connectivity index (χ0v) is 14.4. The molecule has 2 aromatic rings. The van der Waals surface area contributed by atoms with Gasteiger partial charge < -0.3 is 4.90 Å². The molecule has 1 aliphatic heterocycles. The highest BCUT2D eigenvalue weighted by atomic mass is 15.1. The predicted molar refractivity (Wildman–Crippen MR) is 101 cm³/mol. The van der Waals surface area contributed by atoms with Gasteiger partial charge in [-0.25, -0.2) is 0 Å². The van der Waals surface area contributed by atoms with Crippen LogP contribution in [0.25, 0.3) is 0 Å². The van der Waals surface area contributed by atoms with Crippen LogP contribution >= 0.6 is 0 Å². The van der Waals surface area contributed by atoms with Crippen molar-refractivity contribution in [3.05, 3.63) is 95.6 Å². The van der Waals surface area contributed by atoms with Crippen LogP contribution in [0.3, 0.4) is 0 Å². The monoisotopic (exact) mass is 305 g/mol. The predicted octanol–water partition coefficient (Wildman–Crippen LogP) is 4.93. The summed E-state index contributed by atoms with van der Waals surface area (Å²) in [4.78, 5) is 2.39. The number of nitrogens with zero attached hydrogens (tertiary/aromatic N) is 1. The highest BCUT2D eigenvalue weighted by Gasteiger charge is 2.13. The lowest BCUT2D eigenvalue weighted by atomic mass is 9.95. The van der Waals surface area contributed by atoms with Crippen LogP contribution in [0, 0.1) is 6.92 Å². The Balaban J connectivity index is 0.000000433. The first-order valence-electron chi connectivity index (χ1n) is 8.20. The molecule has 3 rings (SSSR count). The maximum atomic E-state index is 3.36. The fourth-order valence-corrected chi connectivity index (χ4v) is 2.92. The minimum absolute atomic E-state index is 1.05. The Morgan fingerprint density at radius 3 is 2.43 bits per heavy atom. The number of rotatable bonds is 3. The van der Waals surface area contributed by atoms with Crippen molar-refractivity contribution in [3.63, 3.8) is 0 Å². The molecule has 0 radical (unpaired) electrons. The summed E-state index contributed by atoms with van der Waals surface area (Å²) in [6.45, 7) is 11.2. The van der Waals surface area contributed by atoms with E-state index in [0.717, 1.165) is 13.0 Å². The van der Waals surface area contributed by atoms with Crippen molar-refractivity contribution >= 4 is 0 Å². The van der Waals surface area contributed by atoms with Crippen LogP contribution in [-0.4, -0.2) is 18.5 Å². The maximum absolute atomic E-state index is 3.36. The van der Waals surface area contributed by atoms with Gasteiger partial charge in [0, 0.05) is 13.1 Å². The second kappa shape index (κ2) is 8.50. The number of hydrogen-bond donors (Lipinski definition) is 0. The molecule has 0 saturated carbocycles. The summed E-state index contributed by atoms with van der Waals surface area (Å²) in [5.41, 5.74) is 7.24. The zero-order chi connectivity index (χ0) is 16.7. The Labute approximate surface area is 141 Å². The van der Waals surface area contributed by atoms with Gasteiger partial charge in [-0.1, -0.05) is 73.3 Å². The van der Waals surface area contributed by atoms with Gasteiger partial charge in [0.2, 0.25) is 0 Å². The fraction of sp³-hybridized carbons (Fsp3) is 0.273. The van der Waals surface area contributed by atoms with Crippen LogP contribution in [0.15, 0.2) is 67.8 Å². The number of likely N-dealkylation sites (N-methyl/N-ethyl adjacent to an activating group) is 1. The quantitative estimate of drug-likeness (QED) is 0.727. The van der Waals surface area contributed by atoms with Gasteiger partial charge in [-0.05, 0) is 49.1 Å². The van der Waals surface area contributed by atoms with Crippen LogP contribution in [0.4, 0.5) is 0 Å². The Kier molecular flexibility index (Phi) is 6.37. The molecule has 0 aliphatic carbocycles. The Bertz CT molecular complexity index is 663. The molecule has 23 heavy (non-hydrogen) atoms. The average Bonchev–Trinajstić information content (AvgIpc) is 2.55. The molecule has 0 saturated heterocycles. The van der Waals surface area contributed by atoms with E-state index in [1.54, 1.807) is 17.7 Å². The van der Waals surface area contributed by atoms with E-state index in [4.69, 9.17) is 0 Å². The molecule has 0 spiro atoms. The average molecular weight is 305 g/mol. The van der Waals surface area contributed by atoms with Crippen molar-refractivity contribution in [3.8, 4) is 0 Å². The molecule has 120 valence electrons. The summed E-state index contributed by atoms with van der Waals surface area (Å²) >= 11 is 0. The van der Waals surface area contributed by atoms with E-state index < -0.39 is 0 Å². The van der Waals surface area contributed by atoms with Crippen LogP contribution < -0.4 is 0 Å². The lowest BCUT2D eigenvalue weighted by molar-refractivity contribution is 0.313. The van der Waals surface area contributed by atoms with Crippen LogP contribution in [0.1, 0.15) is 27.8 Å². The molecule has 0 unspecified atom stereocenters. The van der Waals surface area contributed by atoms with Gasteiger partial charge in [0.25, 0.3) is 0 Å². The largest absolute Gasteiger partial charge is 0.302 e. The smallest absolute Gasteiger partial charge is 0.0233 e. The summed E-state index contributed by atoms with van der Waals surface area (Å²) in [6, 6.07) is 15.8. The minimum Gasteiger partial charge on any atom is -0.302 e. The van der Waals surface area contributed by atoms with E-state index in [9.17, 15) is 0 Å². The molecular weight excluding hydrogens is 278 g/mol.